The lowest BCUT2D eigenvalue weighted by Crippen LogP contribution is -2.20. The van der Waals surface area contributed by atoms with E-state index < -0.39 is 5.91 Å². The maximum atomic E-state index is 11.3. The van der Waals surface area contributed by atoms with Gasteiger partial charge in [-0.2, -0.15) is 10.2 Å². The van der Waals surface area contributed by atoms with Crippen LogP contribution in [0.15, 0.2) is 43.0 Å². The van der Waals surface area contributed by atoms with Gasteiger partial charge in [-0.25, -0.2) is 9.50 Å². The van der Waals surface area contributed by atoms with Gasteiger partial charge >= 0.3 is 0 Å². The third-order valence-electron chi connectivity index (χ3n) is 4.83. The molecular weight excluding hydrogens is 332 g/mol. The van der Waals surface area contributed by atoms with Crippen LogP contribution in [-0.2, 0) is 11.8 Å². The molecule has 2 N–H and O–H groups in total. The lowest BCUT2D eigenvalue weighted by Gasteiger charge is -2.15. The lowest BCUT2D eigenvalue weighted by molar-refractivity contribution is -0.115. The van der Waals surface area contributed by atoms with Gasteiger partial charge in [-0.15, -0.1) is 0 Å². The summed E-state index contributed by atoms with van der Waals surface area (Å²) in [5.41, 5.74) is 8.25. The van der Waals surface area contributed by atoms with E-state index in [2.05, 4.69) is 21.8 Å². The van der Waals surface area contributed by atoms with Crippen LogP contribution in [0.3, 0.4) is 0 Å². The predicted molar refractivity (Wildman–Crippen MR) is 95.3 cm³/mol. The Morgan fingerprint density at radius 1 is 1.35 bits per heavy atom. The maximum Gasteiger partial charge on any atom is 0.244 e. The smallest absolute Gasteiger partial charge is 0.244 e. The summed E-state index contributed by atoms with van der Waals surface area (Å²) in [5.74, 6) is 0.157. The molecule has 8 heteroatoms. The molecule has 0 aliphatic heterocycles. The van der Waals surface area contributed by atoms with Gasteiger partial charge in [-0.3, -0.25) is 9.48 Å². The average molecular weight is 352 g/mol. The number of hydrogen-bond donors (Lipinski definition) is 1. The lowest BCUT2D eigenvalue weighted by atomic mass is 9.98. The minimum Gasteiger partial charge on any atom is -0.473 e. The first-order valence-electron chi connectivity index (χ1n) is 8.50. The molecule has 0 spiro atoms. The molecule has 26 heavy (non-hydrogen) atoms. The van der Waals surface area contributed by atoms with Crippen LogP contribution in [0.25, 0.3) is 16.8 Å². The Bertz CT molecular complexity index is 989. The van der Waals surface area contributed by atoms with Crippen molar-refractivity contribution in [2.75, 3.05) is 0 Å². The number of carbonyl (C=O) groups excluding carboxylic acids is 1. The van der Waals surface area contributed by atoms with Gasteiger partial charge in [0.15, 0.2) is 0 Å². The molecule has 134 valence electrons. The standard InChI is InChI=1S/C18H20N6O2/c1-11(17(19)25)12-3-4-14(7-12)26-18-16-5-6-20-24(16)10-15(22-18)13-8-21-23(2)9-13/h5-6,8-10,12,14H,1,3-4,7H2,2H3,(H2,19,25)/t12-,14+/m0/s1. The van der Waals surface area contributed by atoms with Crippen LogP contribution in [0.1, 0.15) is 19.3 Å². The molecule has 1 saturated carbocycles. The first-order chi connectivity index (χ1) is 12.5. The van der Waals surface area contributed by atoms with Gasteiger partial charge in [-0.1, -0.05) is 6.58 Å². The summed E-state index contributed by atoms with van der Waals surface area (Å²) >= 11 is 0. The number of carbonyl (C=O) groups is 1. The van der Waals surface area contributed by atoms with Gasteiger partial charge in [0.2, 0.25) is 11.8 Å². The molecule has 1 aliphatic carbocycles. The van der Waals surface area contributed by atoms with E-state index in [1.54, 1.807) is 21.6 Å². The van der Waals surface area contributed by atoms with Crippen molar-refractivity contribution in [2.45, 2.75) is 25.4 Å². The van der Waals surface area contributed by atoms with E-state index in [4.69, 9.17) is 10.5 Å². The largest absolute Gasteiger partial charge is 0.473 e. The molecule has 2 atom stereocenters. The van der Waals surface area contributed by atoms with Crippen LogP contribution < -0.4 is 10.5 Å². The highest BCUT2D eigenvalue weighted by molar-refractivity contribution is 5.91. The van der Waals surface area contributed by atoms with Gasteiger partial charge in [0.25, 0.3) is 0 Å². The molecule has 0 aromatic carbocycles. The molecule has 0 unspecified atom stereocenters. The topological polar surface area (TPSA) is 100 Å². The van der Waals surface area contributed by atoms with Crippen molar-refractivity contribution in [2.24, 2.45) is 18.7 Å². The summed E-state index contributed by atoms with van der Waals surface area (Å²) in [6.07, 6.45) is 9.55. The summed E-state index contributed by atoms with van der Waals surface area (Å²) in [6.45, 7) is 3.81. The number of primary amides is 1. The number of aryl methyl sites for hydroxylation is 1. The molecule has 4 rings (SSSR count). The van der Waals surface area contributed by atoms with E-state index >= 15 is 0 Å². The molecule has 1 amide bonds. The van der Waals surface area contributed by atoms with Crippen molar-refractivity contribution >= 4 is 11.4 Å². The molecule has 0 saturated heterocycles. The van der Waals surface area contributed by atoms with E-state index in [1.165, 1.54) is 0 Å². The first kappa shape index (κ1) is 16.3. The third kappa shape index (κ3) is 2.94. The second-order valence-corrected chi connectivity index (χ2v) is 6.63. The zero-order valence-corrected chi connectivity index (χ0v) is 14.5. The van der Waals surface area contributed by atoms with E-state index in [0.29, 0.717) is 17.9 Å². The monoisotopic (exact) mass is 352 g/mol. The number of nitrogens with zero attached hydrogens (tertiary/aromatic N) is 5. The van der Waals surface area contributed by atoms with Gasteiger partial charge < -0.3 is 10.5 Å². The summed E-state index contributed by atoms with van der Waals surface area (Å²) in [5, 5.41) is 8.50. The zero-order chi connectivity index (χ0) is 18.3. The highest BCUT2D eigenvalue weighted by atomic mass is 16.5. The molecular formula is C18H20N6O2. The fourth-order valence-corrected chi connectivity index (χ4v) is 3.40. The van der Waals surface area contributed by atoms with Crippen molar-refractivity contribution in [3.05, 3.63) is 43.0 Å². The number of rotatable bonds is 5. The maximum absolute atomic E-state index is 11.3. The number of aromatic nitrogens is 5. The van der Waals surface area contributed by atoms with E-state index in [1.807, 2.05) is 25.5 Å². The second kappa shape index (κ2) is 6.29. The van der Waals surface area contributed by atoms with E-state index in [0.717, 1.165) is 29.6 Å². The van der Waals surface area contributed by atoms with Crippen molar-refractivity contribution < 1.29 is 9.53 Å². The van der Waals surface area contributed by atoms with Crippen molar-refractivity contribution in [3.8, 4) is 17.1 Å². The number of fused-ring (bicyclic) bond motifs is 1. The normalized spacial score (nSPS) is 19.7. The zero-order valence-electron chi connectivity index (χ0n) is 14.5. The van der Waals surface area contributed by atoms with Gasteiger partial charge in [-0.05, 0) is 31.2 Å². The molecule has 8 nitrogen and oxygen atoms in total. The third-order valence-corrected chi connectivity index (χ3v) is 4.83. The number of ether oxygens (including phenoxy) is 1. The number of hydrogen-bond acceptors (Lipinski definition) is 5. The Hall–Kier alpha value is -3.16. The van der Waals surface area contributed by atoms with Crippen molar-refractivity contribution in [1.82, 2.24) is 24.4 Å². The fraction of sp³-hybridized carbons (Fsp3) is 0.333. The van der Waals surface area contributed by atoms with Crippen LogP contribution in [0.5, 0.6) is 5.88 Å². The van der Waals surface area contributed by atoms with Crippen LogP contribution in [0.2, 0.25) is 0 Å². The Balaban J connectivity index is 1.61. The quantitative estimate of drug-likeness (QED) is 0.705. The fourth-order valence-electron chi connectivity index (χ4n) is 3.40. The SMILES string of the molecule is C=C(C(N)=O)[C@H]1CC[C@@H](Oc2nc(-c3cnn(C)c3)cn3nccc23)C1. The summed E-state index contributed by atoms with van der Waals surface area (Å²) in [4.78, 5) is 16.0. The van der Waals surface area contributed by atoms with Gasteiger partial charge in [0, 0.05) is 24.4 Å². The Morgan fingerprint density at radius 3 is 2.92 bits per heavy atom. The van der Waals surface area contributed by atoms with E-state index in [9.17, 15) is 4.79 Å². The Labute approximate surface area is 150 Å². The first-order valence-corrected chi connectivity index (χ1v) is 8.50. The molecule has 1 fully saturated rings. The summed E-state index contributed by atoms with van der Waals surface area (Å²) in [7, 11) is 1.86. The van der Waals surface area contributed by atoms with Crippen molar-refractivity contribution in [3.63, 3.8) is 0 Å². The molecule has 3 aromatic heterocycles. The summed E-state index contributed by atoms with van der Waals surface area (Å²) < 4.78 is 9.66. The highest BCUT2D eigenvalue weighted by Gasteiger charge is 2.30. The van der Waals surface area contributed by atoms with Crippen LogP contribution in [0, 0.1) is 5.92 Å². The van der Waals surface area contributed by atoms with Crippen molar-refractivity contribution in [1.29, 1.82) is 0 Å². The van der Waals surface area contributed by atoms with Crippen LogP contribution in [0.4, 0.5) is 0 Å². The second-order valence-electron chi connectivity index (χ2n) is 6.63. The highest BCUT2D eigenvalue weighted by Crippen LogP contribution is 2.34. The molecule has 1 aliphatic rings. The molecule has 3 heterocycles. The molecule has 0 radical (unpaired) electrons. The Kier molecular flexibility index (Phi) is 3.95. The van der Waals surface area contributed by atoms with E-state index in [-0.39, 0.29) is 12.0 Å². The minimum absolute atomic E-state index is 0.0357. The number of nitrogens with two attached hydrogens (primary N) is 1. The minimum atomic E-state index is -0.439. The van der Waals surface area contributed by atoms with Gasteiger partial charge in [0.05, 0.1) is 24.3 Å². The van der Waals surface area contributed by atoms with Crippen LogP contribution >= 0.6 is 0 Å². The molecule has 3 aromatic rings. The average Bonchev–Trinajstić information content (AvgIpc) is 3.34. The predicted octanol–water partition coefficient (Wildman–Crippen LogP) is 1.72. The number of amides is 1. The molecule has 0 bridgehead atoms. The Morgan fingerprint density at radius 2 is 2.19 bits per heavy atom. The van der Waals surface area contributed by atoms with Crippen LogP contribution in [-0.4, -0.2) is 36.4 Å². The summed E-state index contributed by atoms with van der Waals surface area (Å²) in [6, 6.07) is 1.87. The van der Waals surface area contributed by atoms with Gasteiger partial charge in [0.1, 0.15) is 11.6 Å².